The minimum absolute atomic E-state index is 0.275. The Morgan fingerprint density at radius 3 is 2.12 bits per heavy atom. The summed E-state index contributed by atoms with van der Waals surface area (Å²) in [6.07, 6.45) is 3.51. The third kappa shape index (κ3) is 1.91. The maximum Gasteiger partial charge on any atom is 0.0174 e. The average molecular weight is 220 g/mol. The van der Waals surface area contributed by atoms with Crippen molar-refractivity contribution in [1.29, 1.82) is 0 Å². The fourth-order valence-corrected chi connectivity index (χ4v) is 2.39. The first-order chi connectivity index (χ1) is 8.29. The van der Waals surface area contributed by atoms with Crippen molar-refractivity contribution in [2.75, 3.05) is 0 Å². The molecule has 1 fully saturated rings. The van der Waals surface area contributed by atoms with E-state index in [1.165, 1.54) is 23.1 Å². The van der Waals surface area contributed by atoms with Gasteiger partial charge in [-0.2, -0.15) is 0 Å². The van der Waals surface area contributed by atoms with Gasteiger partial charge in [0.15, 0.2) is 0 Å². The summed E-state index contributed by atoms with van der Waals surface area (Å²) in [5, 5.41) is 0. The number of rotatable bonds is 2. The fraction of sp³-hybridized carbons (Fsp3) is 0.176. The molecular weight excluding hydrogens is 204 g/mol. The number of hydrogen-bond acceptors (Lipinski definition) is 0. The highest BCUT2D eigenvalue weighted by atomic mass is 14.5. The Morgan fingerprint density at radius 2 is 1.47 bits per heavy atom. The van der Waals surface area contributed by atoms with Crippen molar-refractivity contribution >= 4 is 6.08 Å². The van der Waals surface area contributed by atoms with Crippen molar-refractivity contribution in [2.45, 2.75) is 18.8 Å². The minimum atomic E-state index is 0.275. The van der Waals surface area contributed by atoms with E-state index >= 15 is 0 Å². The summed E-state index contributed by atoms with van der Waals surface area (Å²) in [6.45, 7) is 2.33. The number of benzene rings is 2. The Hall–Kier alpha value is -1.82. The van der Waals surface area contributed by atoms with Crippen LogP contribution in [0.1, 0.15) is 24.5 Å². The van der Waals surface area contributed by atoms with Crippen LogP contribution in [0.25, 0.3) is 6.08 Å². The number of hydrogen-bond donors (Lipinski definition) is 0. The lowest BCUT2D eigenvalue weighted by Crippen LogP contribution is -1.99. The van der Waals surface area contributed by atoms with Crippen molar-refractivity contribution in [3.05, 3.63) is 77.4 Å². The molecule has 2 aromatic rings. The van der Waals surface area contributed by atoms with Gasteiger partial charge >= 0.3 is 0 Å². The van der Waals surface area contributed by atoms with E-state index in [2.05, 4.69) is 73.7 Å². The van der Waals surface area contributed by atoms with Crippen LogP contribution < -0.4 is 0 Å². The largest absolute Gasteiger partial charge is 0.0622 e. The van der Waals surface area contributed by atoms with Crippen LogP contribution >= 0.6 is 0 Å². The third-order valence-corrected chi connectivity index (χ3v) is 3.68. The molecule has 0 nitrogen and oxygen atoms in total. The van der Waals surface area contributed by atoms with E-state index in [0.717, 1.165) is 0 Å². The molecule has 0 heteroatoms. The molecule has 0 spiro atoms. The van der Waals surface area contributed by atoms with Crippen LogP contribution in [0.3, 0.4) is 0 Å². The first-order valence-corrected chi connectivity index (χ1v) is 6.11. The molecule has 0 aliphatic heterocycles. The van der Waals surface area contributed by atoms with E-state index in [-0.39, 0.29) is 5.41 Å². The monoisotopic (exact) mass is 220 g/mol. The Kier molecular flexibility index (Phi) is 2.36. The van der Waals surface area contributed by atoms with Gasteiger partial charge in [-0.1, -0.05) is 79.2 Å². The molecule has 0 radical (unpaired) electrons. The van der Waals surface area contributed by atoms with Crippen LogP contribution in [0, 0.1) is 0 Å². The summed E-state index contributed by atoms with van der Waals surface area (Å²) in [5.41, 5.74) is 4.55. The minimum Gasteiger partial charge on any atom is -0.0622 e. The highest BCUT2D eigenvalue weighted by molar-refractivity contribution is 5.64. The Labute approximate surface area is 103 Å². The van der Waals surface area contributed by atoms with Crippen LogP contribution in [0.15, 0.2) is 66.2 Å². The van der Waals surface area contributed by atoms with Crippen LogP contribution in [-0.4, -0.2) is 0 Å². The highest BCUT2D eigenvalue weighted by Crippen LogP contribution is 2.54. The molecule has 0 unspecified atom stereocenters. The lowest BCUT2D eigenvalue weighted by molar-refractivity contribution is 0.822. The lowest BCUT2D eigenvalue weighted by Gasteiger charge is -2.07. The van der Waals surface area contributed by atoms with Gasteiger partial charge in [-0.05, 0) is 17.5 Å². The molecular formula is C17H16. The van der Waals surface area contributed by atoms with Gasteiger partial charge < -0.3 is 0 Å². The summed E-state index contributed by atoms with van der Waals surface area (Å²) in [6, 6.07) is 21.4. The summed E-state index contributed by atoms with van der Waals surface area (Å²) < 4.78 is 0. The first-order valence-electron chi connectivity index (χ1n) is 6.11. The zero-order valence-electron chi connectivity index (χ0n) is 10.1. The zero-order chi connectivity index (χ0) is 11.7. The predicted octanol–water partition coefficient (Wildman–Crippen LogP) is 4.43. The van der Waals surface area contributed by atoms with Crippen LogP contribution in [0.4, 0.5) is 0 Å². The van der Waals surface area contributed by atoms with Crippen molar-refractivity contribution in [3.63, 3.8) is 0 Å². The van der Waals surface area contributed by atoms with Gasteiger partial charge in [-0.3, -0.25) is 0 Å². The molecule has 0 saturated heterocycles. The molecule has 1 atom stereocenters. The molecule has 0 N–H and O–H groups in total. The van der Waals surface area contributed by atoms with Crippen LogP contribution in [-0.2, 0) is 5.41 Å². The second kappa shape index (κ2) is 3.89. The predicted molar refractivity (Wildman–Crippen MR) is 72.8 cm³/mol. The standard InChI is InChI=1S/C17H16/c1-17(15-10-6-3-7-11-15)13-16(17)12-14-8-4-2-5-9-14/h2-12H,13H2,1H3/b16-12+/t17-/m1/s1. The Morgan fingerprint density at radius 1 is 0.882 bits per heavy atom. The second-order valence-corrected chi connectivity index (χ2v) is 4.96. The smallest absolute Gasteiger partial charge is 0.0174 e. The van der Waals surface area contributed by atoms with E-state index in [9.17, 15) is 0 Å². The van der Waals surface area contributed by atoms with Gasteiger partial charge in [-0.15, -0.1) is 0 Å². The molecule has 0 bridgehead atoms. The summed E-state index contributed by atoms with van der Waals surface area (Å²) >= 11 is 0. The van der Waals surface area contributed by atoms with E-state index in [4.69, 9.17) is 0 Å². The lowest BCUT2D eigenvalue weighted by atomic mass is 9.97. The van der Waals surface area contributed by atoms with Crippen molar-refractivity contribution in [2.24, 2.45) is 0 Å². The highest BCUT2D eigenvalue weighted by Gasteiger charge is 2.45. The van der Waals surface area contributed by atoms with E-state index in [0.29, 0.717) is 0 Å². The molecule has 84 valence electrons. The van der Waals surface area contributed by atoms with E-state index < -0.39 is 0 Å². The molecule has 3 rings (SSSR count). The van der Waals surface area contributed by atoms with Gasteiger partial charge in [0.2, 0.25) is 0 Å². The van der Waals surface area contributed by atoms with Crippen LogP contribution in [0.2, 0.25) is 0 Å². The van der Waals surface area contributed by atoms with Gasteiger partial charge in [0.25, 0.3) is 0 Å². The van der Waals surface area contributed by atoms with Gasteiger partial charge in [0, 0.05) is 5.41 Å². The Bertz CT molecular complexity index is 537. The molecule has 17 heavy (non-hydrogen) atoms. The van der Waals surface area contributed by atoms with Gasteiger partial charge in [0.1, 0.15) is 0 Å². The van der Waals surface area contributed by atoms with Gasteiger partial charge in [0.05, 0.1) is 0 Å². The topological polar surface area (TPSA) is 0 Å². The molecule has 2 aromatic carbocycles. The van der Waals surface area contributed by atoms with Crippen molar-refractivity contribution in [3.8, 4) is 0 Å². The van der Waals surface area contributed by atoms with E-state index in [1.807, 2.05) is 0 Å². The first kappa shape index (κ1) is 10.3. The summed E-state index contributed by atoms with van der Waals surface area (Å²) in [4.78, 5) is 0. The molecule has 1 aliphatic rings. The maximum absolute atomic E-state index is 2.33. The van der Waals surface area contributed by atoms with Crippen molar-refractivity contribution < 1.29 is 0 Å². The maximum atomic E-state index is 2.33. The summed E-state index contributed by atoms with van der Waals surface area (Å²) in [7, 11) is 0. The summed E-state index contributed by atoms with van der Waals surface area (Å²) in [5.74, 6) is 0. The fourth-order valence-electron chi connectivity index (χ4n) is 2.39. The molecule has 0 aromatic heterocycles. The number of allylic oxidation sites excluding steroid dienone is 1. The molecule has 0 amide bonds. The average Bonchev–Trinajstić information content (AvgIpc) is 3.04. The zero-order valence-corrected chi connectivity index (χ0v) is 10.1. The second-order valence-electron chi connectivity index (χ2n) is 4.96. The third-order valence-electron chi connectivity index (χ3n) is 3.68. The van der Waals surface area contributed by atoms with E-state index in [1.54, 1.807) is 0 Å². The quantitative estimate of drug-likeness (QED) is 0.702. The SMILES string of the molecule is C[C@]1(c2ccccc2)C/C1=C\c1ccccc1. The molecule has 1 saturated carbocycles. The van der Waals surface area contributed by atoms with Crippen LogP contribution in [0.5, 0.6) is 0 Å². The van der Waals surface area contributed by atoms with Crippen molar-refractivity contribution in [1.82, 2.24) is 0 Å². The van der Waals surface area contributed by atoms with Gasteiger partial charge in [-0.25, -0.2) is 0 Å². The Balaban J connectivity index is 1.89. The molecule has 0 heterocycles. The molecule has 1 aliphatic carbocycles. The normalized spacial score (nSPS) is 24.9.